The summed E-state index contributed by atoms with van der Waals surface area (Å²) in [5.74, 6) is 0.417. The van der Waals surface area contributed by atoms with Crippen LogP contribution in [0, 0.1) is 6.92 Å². The number of esters is 1. The smallest absolute Gasteiger partial charge is 0.340 e. The highest BCUT2D eigenvalue weighted by Crippen LogP contribution is 2.32. The van der Waals surface area contributed by atoms with E-state index in [-0.39, 0.29) is 0 Å². The van der Waals surface area contributed by atoms with E-state index < -0.39 is 5.97 Å². The largest absolute Gasteiger partial charge is 0.465 e. The zero-order valence-electron chi connectivity index (χ0n) is 16.9. The fraction of sp³-hybridized carbons (Fsp3) is 0.174. The summed E-state index contributed by atoms with van der Waals surface area (Å²) in [6.45, 7) is 1.80. The number of rotatable bonds is 6. The Kier molecular flexibility index (Phi) is 6.24. The number of carbonyl (C=O) groups excluding carboxylic acids is 1. The van der Waals surface area contributed by atoms with Gasteiger partial charge < -0.3 is 14.4 Å². The van der Waals surface area contributed by atoms with Gasteiger partial charge in [0.2, 0.25) is 5.88 Å². The summed E-state index contributed by atoms with van der Waals surface area (Å²) in [6, 6.07) is 17.7. The highest BCUT2D eigenvalue weighted by molar-refractivity contribution is 6.17. The summed E-state index contributed by atoms with van der Waals surface area (Å²) in [7, 11) is 4.99. The fourth-order valence-corrected chi connectivity index (χ4v) is 2.91. The van der Waals surface area contributed by atoms with Crippen molar-refractivity contribution >= 4 is 11.5 Å². The Bertz CT molecular complexity index is 1030. The molecular weight excluding hydrogens is 366 g/mol. The van der Waals surface area contributed by atoms with E-state index in [0.717, 1.165) is 11.1 Å². The lowest BCUT2D eigenvalue weighted by Crippen LogP contribution is -2.13. The van der Waals surface area contributed by atoms with Crippen molar-refractivity contribution in [3.8, 4) is 22.8 Å². The second-order valence-electron chi connectivity index (χ2n) is 6.63. The molecule has 148 valence electrons. The molecule has 0 aliphatic rings. The standard InChI is InChI=1S/C23H23N3O3/c1-16-21(20(14-26(2)3)23(27)28-4)22(25-15-24-16)29-19-12-8-11-18(13-19)17-9-6-5-7-10-17/h5-15H,1-4H3. The number of nitrogens with zero attached hydrogens (tertiary/aromatic N) is 3. The predicted molar refractivity (Wildman–Crippen MR) is 112 cm³/mol. The quantitative estimate of drug-likeness (QED) is 0.462. The number of ether oxygens (including phenoxy) is 2. The molecule has 3 rings (SSSR count). The third-order valence-corrected chi connectivity index (χ3v) is 4.22. The van der Waals surface area contributed by atoms with Crippen LogP contribution in [0.4, 0.5) is 0 Å². The molecule has 2 aromatic carbocycles. The zero-order chi connectivity index (χ0) is 20.8. The van der Waals surface area contributed by atoms with Crippen LogP contribution in [0.25, 0.3) is 16.7 Å². The Hall–Kier alpha value is -3.67. The maximum absolute atomic E-state index is 12.4. The predicted octanol–water partition coefficient (Wildman–Crippen LogP) is 4.32. The molecule has 0 fully saturated rings. The van der Waals surface area contributed by atoms with Crippen LogP contribution in [0.3, 0.4) is 0 Å². The van der Waals surface area contributed by atoms with Gasteiger partial charge >= 0.3 is 5.97 Å². The summed E-state index contributed by atoms with van der Waals surface area (Å²) in [5, 5.41) is 0. The Morgan fingerprint density at radius 2 is 1.72 bits per heavy atom. The van der Waals surface area contributed by atoms with E-state index >= 15 is 0 Å². The van der Waals surface area contributed by atoms with Crippen molar-refractivity contribution < 1.29 is 14.3 Å². The van der Waals surface area contributed by atoms with Crippen molar-refractivity contribution in [1.29, 1.82) is 0 Å². The van der Waals surface area contributed by atoms with E-state index in [1.165, 1.54) is 13.4 Å². The Morgan fingerprint density at radius 3 is 2.41 bits per heavy atom. The summed E-state index contributed by atoms with van der Waals surface area (Å²) in [6.07, 6.45) is 3.09. The first-order chi connectivity index (χ1) is 14.0. The topological polar surface area (TPSA) is 64.5 Å². The van der Waals surface area contributed by atoms with Gasteiger partial charge in [0.05, 0.1) is 23.9 Å². The van der Waals surface area contributed by atoms with Crippen molar-refractivity contribution in [3.05, 3.63) is 78.4 Å². The molecule has 29 heavy (non-hydrogen) atoms. The summed E-state index contributed by atoms with van der Waals surface area (Å²) in [4.78, 5) is 22.7. The number of hydrogen-bond donors (Lipinski definition) is 0. The minimum atomic E-state index is -0.487. The third-order valence-electron chi connectivity index (χ3n) is 4.22. The molecule has 6 heteroatoms. The highest BCUT2D eigenvalue weighted by atomic mass is 16.5. The van der Waals surface area contributed by atoms with Crippen molar-refractivity contribution in [2.24, 2.45) is 0 Å². The number of aromatic nitrogens is 2. The minimum absolute atomic E-state index is 0.293. The first kappa shape index (κ1) is 20.1. The first-order valence-corrected chi connectivity index (χ1v) is 9.11. The Labute approximate surface area is 170 Å². The van der Waals surface area contributed by atoms with Gasteiger partial charge in [-0.2, -0.15) is 0 Å². The van der Waals surface area contributed by atoms with Crippen LogP contribution in [-0.2, 0) is 9.53 Å². The minimum Gasteiger partial charge on any atom is -0.465 e. The Morgan fingerprint density at radius 1 is 1.00 bits per heavy atom. The lowest BCUT2D eigenvalue weighted by atomic mass is 10.1. The van der Waals surface area contributed by atoms with Gasteiger partial charge in [-0.05, 0) is 30.2 Å². The van der Waals surface area contributed by atoms with E-state index in [2.05, 4.69) is 9.97 Å². The van der Waals surface area contributed by atoms with Gasteiger partial charge in [0.25, 0.3) is 0 Å². The van der Waals surface area contributed by atoms with Gasteiger partial charge in [-0.3, -0.25) is 0 Å². The average molecular weight is 389 g/mol. The van der Waals surface area contributed by atoms with Crippen LogP contribution in [0.2, 0.25) is 0 Å². The average Bonchev–Trinajstić information content (AvgIpc) is 2.73. The maximum Gasteiger partial charge on any atom is 0.340 e. The number of methoxy groups -OCH3 is 1. The third kappa shape index (κ3) is 4.79. The molecule has 0 saturated heterocycles. The molecule has 0 amide bonds. The molecule has 0 bridgehead atoms. The second kappa shape index (κ2) is 9.01. The van der Waals surface area contributed by atoms with Gasteiger partial charge in [0.1, 0.15) is 12.1 Å². The molecule has 1 aromatic heterocycles. The van der Waals surface area contributed by atoms with Crippen molar-refractivity contribution in [3.63, 3.8) is 0 Å². The number of benzene rings is 2. The summed E-state index contributed by atoms with van der Waals surface area (Å²) in [5.41, 5.74) is 3.54. The van der Waals surface area contributed by atoms with E-state index in [9.17, 15) is 4.79 Å². The number of hydrogen-bond acceptors (Lipinski definition) is 6. The monoisotopic (exact) mass is 389 g/mol. The molecule has 0 aliphatic heterocycles. The normalized spacial score (nSPS) is 11.1. The molecule has 1 heterocycles. The van der Waals surface area contributed by atoms with E-state index in [0.29, 0.717) is 28.5 Å². The lowest BCUT2D eigenvalue weighted by molar-refractivity contribution is -0.133. The molecule has 0 aliphatic carbocycles. The van der Waals surface area contributed by atoms with Crippen molar-refractivity contribution in [1.82, 2.24) is 14.9 Å². The molecule has 0 saturated carbocycles. The summed E-state index contributed by atoms with van der Waals surface area (Å²) < 4.78 is 11.1. The van der Waals surface area contributed by atoms with Crippen LogP contribution in [0.5, 0.6) is 11.6 Å². The fourth-order valence-electron chi connectivity index (χ4n) is 2.91. The molecule has 6 nitrogen and oxygen atoms in total. The first-order valence-electron chi connectivity index (χ1n) is 9.11. The Balaban J connectivity index is 2.03. The van der Waals surface area contributed by atoms with Crippen molar-refractivity contribution in [2.45, 2.75) is 6.92 Å². The molecule has 0 spiro atoms. The van der Waals surface area contributed by atoms with Crippen LogP contribution < -0.4 is 4.74 Å². The van der Waals surface area contributed by atoms with Gasteiger partial charge in [0, 0.05) is 20.3 Å². The van der Waals surface area contributed by atoms with E-state index in [1.54, 1.807) is 18.0 Å². The zero-order valence-corrected chi connectivity index (χ0v) is 16.9. The lowest BCUT2D eigenvalue weighted by Gasteiger charge is -2.16. The van der Waals surface area contributed by atoms with Gasteiger partial charge in [-0.1, -0.05) is 42.5 Å². The van der Waals surface area contributed by atoms with Gasteiger partial charge in [-0.25, -0.2) is 14.8 Å². The molecular formula is C23H23N3O3. The number of carbonyl (C=O) groups is 1. The maximum atomic E-state index is 12.4. The van der Waals surface area contributed by atoms with Gasteiger partial charge in [0.15, 0.2) is 0 Å². The molecule has 0 radical (unpaired) electrons. The highest BCUT2D eigenvalue weighted by Gasteiger charge is 2.22. The van der Waals surface area contributed by atoms with Crippen LogP contribution in [0.15, 0.2) is 67.1 Å². The molecule has 0 unspecified atom stereocenters. The molecule has 3 aromatic rings. The van der Waals surface area contributed by atoms with Crippen LogP contribution in [-0.4, -0.2) is 42.0 Å². The van der Waals surface area contributed by atoms with E-state index in [4.69, 9.17) is 9.47 Å². The number of aryl methyl sites for hydroxylation is 1. The van der Waals surface area contributed by atoms with Crippen molar-refractivity contribution in [2.75, 3.05) is 21.2 Å². The van der Waals surface area contributed by atoms with Crippen LogP contribution >= 0.6 is 0 Å². The second-order valence-corrected chi connectivity index (χ2v) is 6.63. The van der Waals surface area contributed by atoms with E-state index in [1.807, 2.05) is 68.7 Å². The molecule has 0 atom stereocenters. The molecule has 0 N–H and O–H groups in total. The van der Waals surface area contributed by atoms with Crippen LogP contribution in [0.1, 0.15) is 11.3 Å². The summed E-state index contributed by atoms with van der Waals surface area (Å²) >= 11 is 0. The van der Waals surface area contributed by atoms with Gasteiger partial charge in [-0.15, -0.1) is 0 Å². The SMILES string of the molecule is COC(=O)C(=CN(C)C)c1c(C)ncnc1Oc1cccc(-c2ccccc2)c1.